The standard InChI is InChI=1S/C15H24FN/c1-4-6-9-12(3)17-15(5-2)13-10-7-8-11-14(13)16/h7-8,10-12,15,17H,4-6,9H2,1-3H3. The van der Waals surface area contributed by atoms with Crippen LogP contribution in [0.5, 0.6) is 0 Å². The van der Waals surface area contributed by atoms with E-state index in [0.717, 1.165) is 18.4 Å². The number of rotatable bonds is 7. The van der Waals surface area contributed by atoms with Crippen LogP contribution in [0.4, 0.5) is 4.39 Å². The molecule has 1 aromatic carbocycles. The summed E-state index contributed by atoms with van der Waals surface area (Å²) in [5.41, 5.74) is 0.790. The van der Waals surface area contributed by atoms with Crippen LogP contribution < -0.4 is 5.32 Å². The summed E-state index contributed by atoms with van der Waals surface area (Å²) in [6.45, 7) is 6.47. The molecule has 1 aromatic rings. The van der Waals surface area contributed by atoms with E-state index < -0.39 is 0 Å². The monoisotopic (exact) mass is 237 g/mol. The van der Waals surface area contributed by atoms with Crippen LogP contribution >= 0.6 is 0 Å². The van der Waals surface area contributed by atoms with Crippen molar-refractivity contribution in [3.05, 3.63) is 35.6 Å². The number of halogens is 1. The van der Waals surface area contributed by atoms with Crippen molar-refractivity contribution in [2.75, 3.05) is 0 Å². The second-order valence-corrected chi connectivity index (χ2v) is 4.69. The molecule has 0 aliphatic carbocycles. The summed E-state index contributed by atoms with van der Waals surface area (Å²) in [5, 5.41) is 3.52. The van der Waals surface area contributed by atoms with Gasteiger partial charge in [0.2, 0.25) is 0 Å². The fraction of sp³-hybridized carbons (Fsp3) is 0.600. The molecule has 96 valence electrons. The second-order valence-electron chi connectivity index (χ2n) is 4.69. The lowest BCUT2D eigenvalue weighted by Crippen LogP contribution is -2.30. The molecule has 0 saturated heterocycles. The van der Waals surface area contributed by atoms with E-state index >= 15 is 0 Å². The van der Waals surface area contributed by atoms with Gasteiger partial charge in [-0.2, -0.15) is 0 Å². The highest BCUT2D eigenvalue weighted by molar-refractivity contribution is 5.21. The summed E-state index contributed by atoms with van der Waals surface area (Å²) in [6.07, 6.45) is 4.50. The van der Waals surface area contributed by atoms with E-state index in [1.807, 2.05) is 12.1 Å². The van der Waals surface area contributed by atoms with Crippen molar-refractivity contribution in [3.8, 4) is 0 Å². The SMILES string of the molecule is CCCCC(C)NC(CC)c1ccccc1F. The summed E-state index contributed by atoms with van der Waals surface area (Å²) in [5.74, 6) is -0.102. The van der Waals surface area contributed by atoms with Crippen molar-refractivity contribution in [3.63, 3.8) is 0 Å². The van der Waals surface area contributed by atoms with Gasteiger partial charge >= 0.3 is 0 Å². The summed E-state index contributed by atoms with van der Waals surface area (Å²) >= 11 is 0. The largest absolute Gasteiger partial charge is 0.307 e. The van der Waals surface area contributed by atoms with E-state index in [9.17, 15) is 4.39 Å². The first-order valence-electron chi connectivity index (χ1n) is 6.69. The average Bonchev–Trinajstić information content (AvgIpc) is 2.34. The molecule has 1 rings (SSSR count). The molecule has 17 heavy (non-hydrogen) atoms. The summed E-state index contributed by atoms with van der Waals surface area (Å²) in [7, 11) is 0. The van der Waals surface area contributed by atoms with Crippen LogP contribution in [0.2, 0.25) is 0 Å². The number of benzene rings is 1. The average molecular weight is 237 g/mol. The molecule has 0 heterocycles. The Kier molecular flexibility index (Phi) is 6.20. The molecule has 0 aliphatic heterocycles. The van der Waals surface area contributed by atoms with Crippen LogP contribution in [0.25, 0.3) is 0 Å². The molecule has 1 N–H and O–H groups in total. The van der Waals surface area contributed by atoms with Gasteiger partial charge in [-0.15, -0.1) is 0 Å². The van der Waals surface area contributed by atoms with Gasteiger partial charge in [0.1, 0.15) is 5.82 Å². The maximum atomic E-state index is 13.7. The molecular weight excluding hydrogens is 213 g/mol. The minimum atomic E-state index is -0.102. The van der Waals surface area contributed by atoms with E-state index in [-0.39, 0.29) is 11.9 Å². The lowest BCUT2D eigenvalue weighted by molar-refractivity contribution is 0.407. The Morgan fingerprint density at radius 2 is 1.94 bits per heavy atom. The Bertz CT molecular complexity index is 324. The normalized spacial score (nSPS) is 14.6. The summed E-state index contributed by atoms with van der Waals surface area (Å²) in [4.78, 5) is 0. The minimum absolute atomic E-state index is 0.102. The third-order valence-corrected chi connectivity index (χ3v) is 3.17. The molecule has 2 unspecified atom stereocenters. The predicted molar refractivity (Wildman–Crippen MR) is 71.6 cm³/mol. The van der Waals surface area contributed by atoms with Crippen LogP contribution in [-0.2, 0) is 0 Å². The Morgan fingerprint density at radius 1 is 1.24 bits per heavy atom. The molecule has 0 aromatic heterocycles. The van der Waals surface area contributed by atoms with Crippen molar-refractivity contribution in [2.24, 2.45) is 0 Å². The van der Waals surface area contributed by atoms with Crippen LogP contribution in [0.15, 0.2) is 24.3 Å². The number of unbranched alkanes of at least 4 members (excludes halogenated alkanes) is 1. The third-order valence-electron chi connectivity index (χ3n) is 3.17. The highest BCUT2D eigenvalue weighted by Gasteiger charge is 2.15. The smallest absolute Gasteiger partial charge is 0.127 e. The Morgan fingerprint density at radius 3 is 2.53 bits per heavy atom. The number of nitrogens with one attached hydrogen (secondary N) is 1. The molecule has 0 bridgehead atoms. The molecule has 0 spiro atoms. The Hall–Kier alpha value is -0.890. The van der Waals surface area contributed by atoms with Crippen molar-refractivity contribution >= 4 is 0 Å². The zero-order valence-corrected chi connectivity index (χ0v) is 11.2. The molecule has 1 nitrogen and oxygen atoms in total. The van der Waals surface area contributed by atoms with Gasteiger partial charge in [0.25, 0.3) is 0 Å². The summed E-state index contributed by atoms with van der Waals surface area (Å²) in [6, 6.07) is 7.63. The maximum absolute atomic E-state index is 13.7. The molecule has 0 aliphatic rings. The predicted octanol–water partition coefficient (Wildman–Crippen LogP) is 4.45. The van der Waals surface area contributed by atoms with E-state index in [1.165, 1.54) is 18.9 Å². The van der Waals surface area contributed by atoms with Crippen molar-refractivity contribution in [2.45, 2.75) is 58.5 Å². The topological polar surface area (TPSA) is 12.0 Å². The minimum Gasteiger partial charge on any atom is -0.307 e. The van der Waals surface area contributed by atoms with E-state index in [0.29, 0.717) is 6.04 Å². The van der Waals surface area contributed by atoms with Gasteiger partial charge < -0.3 is 5.32 Å². The first-order valence-corrected chi connectivity index (χ1v) is 6.69. The third kappa shape index (κ3) is 4.47. The van der Waals surface area contributed by atoms with E-state index in [2.05, 4.69) is 26.1 Å². The van der Waals surface area contributed by atoms with E-state index in [4.69, 9.17) is 0 Å². The van der Waals surface area contributed by atoms with Crippen LogP contribution in [0.3, 0.4) is 0 Å². The van der Waals surface area contributed by atoms with Gasteiger partial charge in [0.05, 0.1) is 0 Å². The maximum Gasteiger partial charge on any atom is 0.127 e. The molecule has 0 fully saturated rings. The molecule has 2 atom stereocenters. The van der Waals surface area contributed by atoms with Crippen molar-refractivity contribution in [1.82, 2.24) is 5.32 Å². The van der Waals surface area contributed by atoms with Gasteiger partial charge in [-0.3, -0.25) is 0 Å². The van der Waals surface area contributed by atoms with Crippen molar-refractivity contribution in [1.29, 1.82) is 0 Å². The quantitative estimate of drug-likeness (QED) is 0.739. The molecule has 0 radical (unpaired) electrons. The highest BCUT2D eigenvalue weighted by Crippen LogP contribution is 2.21. The molecule has 0 saturated carbocycles. The lowest BCUT2D eigenvalue weighted by atomic mass is 10.0. The summed E-state index contributed by atoms with van der Waals surface area (Å²) < 4.78 is 13.7. The van der Waals surface area contributed by atoms with Gasteiger partial charge in [0.15, 0.2) is 0 Å². The fourth-order valence-electron chi connectivity index (χ4n) is 2.12. The first-order chi connectivity index (χ1) is 8.19. The van der Waals surface area contributed by atoms with E-state index in [1.54, 1.807) is 6.07 Å². The highest BCUT2D eigenvalue weighted by atomic mass is 19.1. The van der Waals surface area contributed by atoms with Crippen molar-refractivity contribution < 1.29 is 4.39 Å². The first kappa shape index (κ1) is 14.2. The second kappa shape index (κ2) is 7.44. The van der Waals surface area contributed by atoms with Crippen LogP contribution in [0.1, 0.15) is 58.1 Å². The van der Waals surface area contributed by atoms with Gasteiger partial charge in [-0.1, -0.05) is 44.9 Å². The lowest BCUT2D eigenvalue weighted by Gasteiger charge is -2.23. The number of hydrogen-bond acceptors (Lipinski definition) is 1. The van der Waals surface area contributed by atoms with Crippen LogP contribution in [-0.4, -0.2) is 6.04 Å². The zero-order valence-electron chi connectivity index (χ0n) is 11.2. The van der Waals surface area contributed by atoms with Crippen LogP contribution in [0, 0.1) is 5.82 Å². The van der Waals surface area contributed by atoms with Gasteiger partial charge in [0, 0.05) is 17.6 Å². The molecular formula is C15H24FN. The fourth-order valence-corrected chi connectivity index (χ4v) is 2.12. The van der Waals surface area contributed by atoms with Gasteiger partial charge in [-0.25, -0.2) is 4.39 Å². The molecule has 2 heteroatoms. The molecule has 0 amide bonds. The zero-order chi connectivity index (χ0) is 12.7. The Labute approximate surface area is 104 Å². The van der Waals surface area contributed by atoms with Gasteiger partial charge in [-0.05, 0) is 25.8 Å². The number of hydrogen-bond donors (Lipinski definition) is 1. The Balaban J connectivity index is 2.62.